The first-order valence-corrected chi connectivity index (χ1v) is 8.49. The van der Waals surface area contributed by atoms with Crippen LogP contribution in [0.15, 0.2) is 60.7 Å². The Bertz CT molecular complexity index is 517. The number of ether oxygens (including phenoxy) is 4. The van der Waals surface area contributed by atoms with Gasteiger partial charge in [-0.25, -0.2) is 0 Å². The van der Waals surface area contributed by atoms with Crippen LogP contribution in [-0.4, -0.2) is 40.6 Å². The van der Waals surface area contributed by atoms with Crippen molar-refractivity contribution >= 4 is 0 Å². The Labute approximate surface area is 150 Å². The van der Waals surface area contributed by atoms with Gasteiger partial charge in [0, 0.05) is 14.2 Å². The first-order chi connectivity index (χ1) is 12.3. The zero-order valence-corrected chi connectivity index (χ0v) is 15.1. The van der Waals surface area contributed by atoms with E-state index < -0.39 is 0 Å². The third-order valence-corrected chi connectivity index (χ3v) is 3.94. The van der Waals surface area contributed by atoms with Crippen LogP contribution in [0, 0.1) is 5.41 Å². The lowest BCUT2D eigenvalue weighted by Crippen LogP contribution is -2.41. The smallest absolute Gasteiger partial charge is 0.0717 e. The van der Waals surface area contributed by atoms with Crippen LogP contribution in [0.25, 0.3) is 0 Å². The van der Waals surface area contributed by atoms with E-state index in [9.17, 15) is 0 Å². The highest BCUT2D eigenvalue weighted by molar-refractivity contribution is 5.14. The monoisotopic (exact) mass is 344 g/mol. The topological polar surface area (TPSA) is 36.9 Å². The highest BCUT2D eigenvalue weighted by Gasteiger charge is 2.31. The van der Waals surface area contributed by atoms with E-state index in [4.69, 9.17) is 18.9 Å². The van der Waals surface area contributed by atoms with Crippen LogP contribution < -0.4 is 0 Å². The summed E-state index contributed by atoms with van der Waals surface area (Å²) in [5, 5.41) is 0. The predicted molar refractivity (Wildman–Crippen MR) is 98.4 cm³/mol. The maximum atomic E-state index is 5.95. The van der Waals surface area contributed by atoms with Crippen molar-refractivity contribution in [3.63, 3.8) is 0 Å². The molecule has 0 fully saturated rings. The van der Waals surface area contributed by atoms with E-state index in [1.54, 1.807) is 14.2 Å². The Kier molecular flexibility index (Phi) is 8.63. The lowest BCUT2D eigenvalue weighted by molar-refractivity contribution is -0.0987. The Morgan fingerprint density at radius 3 is 1.36 bits per heavy atom. The van der Waals surface area contributed by atoms with E-state index in [-0.39, 0.29) is 5.41 Å². The molecule has 2 aromatic carbocycles. The second-order valence-electron chi connectivity index (χ2n) is 6.32. The van der Waals surface area contributed by atoms with Crippen LogP contribution in [0.5, 0.6) is 0 Å². The van der Waals surface area contributed by atoms with Crippen LogP contribution >= 0.6 is 0 Å². The summed E-state index contributed by atoms with van der Waals surface area (Å²) in [5.74, 6) is 0. The molecular formula is C21H28O4. The van der Waals surface area contributed by atoms with Crippen molar-refractivity contribution in [2.45, 2.75) is 13.2 Å². The molecule has 136 valence electrons. The first-order valence-electron chi connectivity index (χ1n) is 8.49. The van der Waals surface area contributed by atoms with E-state index in [1.807, 2.05) is 36.4 Å². The summed E-state index contributed by atoms with van der Waals surface area (Å²) in [7, 11) is 3.39. The molecule has 0 radical (unpaired) electrons. The Morgan fingerprint density at radius 1 is 0.600 bits per heavy atom. The summed E-state index contributed by atoms with van der Waals surface area (Å²) in [6.07, 6.45) is 0. The number of benzene rings is 2. The molecule has 0 N–H and O–H groups in total. The molecule has 0 bridgehead atoms. The van der Waals surface area contributed by atoms with Crippen molar-refractivity contribution in [1.82, 2.24) is 0 Å². The number of hydrogen-bond acceptors (Lipinski definition) is 4. The molecule has 0 aromatic heterocycles. The molecule has 0 spiro atoms. The molecule has 0 saturated carbocycles. The quantitative estimate of drug-likeness (QED) is 0.588. The molecule has 0 aliphatic carbocycles. The third-order valence-electron chi connectivity index (χ3n) is 3.94. The second-order valence-corrected chi connectivity index (χ2v) is 6.32. The van der Waals surface area contributed by atoms with Crippen LogP contribution in [0.3, 0.4) is 0 Å². The third kappa shape index (κ3) is 6.96. The van der Waals surface area contributed by atoms with Gasteiger partial charge < -0.3 is 18.9 Å². The zero-order valence-electron chi connectivity index (χ0n) is 15.1. The molecule has 0 unspecified atom stereocenters. The lowest BCUT2D eigenvalue weighted by atomic mass is 9.92. The van der Waals surface area contributed by atoms with Crippen molar-refractivity contribution in [1.29, 1.82) is 0 Å². The van der Waals surface area contributed by atoms with Crippen molar-refractivity contribution in [3.8, 4) is 0 Å². The van der Waals surface area contributed by atoms with Gasteiger partial charge in [-0.3, -0.25) is 0 Å². The van der Waals surface area contributed by atoms with Gasteiger partial charge in [-0.1, -0.05) is 60.7 Å². The van der Waals surface area contributed by atoms with Crippen LogP contribution in [0.4, 0.5) is 0 Å². The summed E-state index contributed by atoms with van der Waals surface area (Å²) in [5.41, 5.74) is 1.97. The lowest BCUT2D eigenvalue weighted by Gasteiger charge is -2.32. The molecule has 0 amide bonds. The van der Waals surface area contributed by atoms with Crippen molar-refractivity contribution in [2.24, 2.45) is 5.41 Å². The Morgan fingerprint density at radius 2 is 1.00 bits per heavy atom. The molecule has 25 heavy (non-hydrogen) atoms. The average molecular weight is 344 g/mol. The van der Waals surface area contributed by atoms with Crippen LogP contribution in [-0.2, 0) is 32.2 Å². The molecule has 0 aliphatic rings. The normalized spacial score (nSPS) is 11.6. The minimum absolute atomic E-state index is 0.326. The molecule has 4 heteroatoms. The SMILES string of the molecule is COCC(COC)(COCc1ccccc1)COCc1ccccc1. The van der Waals surface area contributed by atoms with E-state index >= 15 is 0 Å². The molecule has 4 nitrogen and oxygen atoms in total. The maximum absolute atomic E-state index is 5.95. The van der Waals surface area contributed by atoms with Gasteiger partial charge in [-0.05, 0) is 11.1 Å². The summed E-state index contributed by atoms with van der Waals surface area (Å²) >= 11 is 0. The van der Waals surface area contributed by atoms with Crippen molar-refractivity contribution < 1.29 is 18.9 Å². The number of rotatable bonds is 12. The van der Waals surface area contributed by atoms with E-state index in [0.29, 0.717) is 39.6 Å². The van der Waals surface area contributed by atoms with E-state index in [2.05, 4.69) is 24.3 Å². The van der Waals surface area contributed by atoms with Crippen molar-refractivity contribution in [2.75, 3.05) is 40.6 Å². The van der Waals surface area contributed by atoms with Gasteiger partial charge in [0.15, 0.2) is 0 Å². The fraction of sp³-hybridized carbons (Fsp3) is 0.429. The summed E-state index contributed by atoms with van der Waals surface area (Å²) in [6.45, 7) is 3.19. The predicted octanol–water partition coefficient (Wildman–Crippen LogP) is 3.70. The maximum Gasteiger partial charge on any atom is 0.0717 e. The van der Waals surface area contributed by atoms with E-state index in [0.717, 1.165) is 11.1 Å². The zero-order chi connectivity index (χ0) is 17.8. The highest BCUT2D eigenvalue weighted by atomic mass is 16.5. The Balaban J connectivity index is 1.89. The van der Waals surface area contributed by atoms with Gasteiger partial charge in [0.25, 0.3) is 0 Å². The summed E-state index contributed by atoms with van der Waals surface area (Å²) in [4.78, 5) is 0. The van der Waals surface area contributed by atoms with Gasteiger partial charge in [-0.2, -0.15) is 0 Å². The summed E-state index contributed by atoms with van der Waals surface area (Å²) in [6, 6.07) is 20.3. The van der Waals surface area contributed by atoms with Crippen LogP contribution in [0.1, 0.15) is 11.1 Å². The minimum atomic E-state index is -0.326. The molecule has 0 saturated heterocycles. The second kappa shape index (κ2) is 11.0. The number of hydrogen-bond donors (Lipinski definition) is 0. The highest BCUT2D eigenvalue weighted by Crippen LogP contribution is 2.21. The summed E-state index contributed by atoms with van der Waals surface area (Å²) < 4.78 is 22.8. The molecule has 0 aliphatic heterocycles. The fourth-order valence-corrected chi connectivity index (χ4v) is 2.78. The molecular weight excluding hydrogens is 316 g/mol. The molecule has 0 atom stereocenters. The first kappa shape index (κ1) is 19.6. The van der Waals surface area contributed by atoms with E-state index in [1.165, 1.54) is 0 Å². The standard InChI is InChI=1S/C21H28O4/c1-22-15-21(16-23-2,17-24-13-19-9-5-3-6-10-19)18-25-14-20-11-7-4-8-12-20/h3-12H,13-18H2,1-2H3. The average Bonchev–Trinajstić information content (AvgIpc) is 2.64. The van der Waals surface area contributed by atoms with Gasteiger partial charge >= 0.3 is 0 Å². The van der Waals surface area contributed by atoms with Gasteiger partial charge in [0.05, 0.1) is 45.1 Å². The molecule has 0 heterocycles. The number of methoxy groups -OCH3 is 2. The Hall–Kier alpha value is -1.72. The fourth-order valence-electron chi connectivity index (χ4n) is 2.78. The molecule has 2 rings (SSSR count). The van der Waals surface area contributed by atoms with Crippen molar-refractivity contribution in [3.05, 3.63) is 71.8 Å². The van der Waals surface area contributed by atoms with Gasteiger partial charge in [0.2, 0.25) is 0 Å². The largest absolute Gasteiger partial charge is 0.384 e. The minimum Gasteiger partial charge on any atom is -0.384 e. The van der Waals surface area contributed by atoms with Crippen LogP contribution in [0.2, 0.25) is 0 Å². The molecule has 2 aromatic rings. The van der Waals surface area contributed by atoms with Gasteiger partial charge in [-0.15, -0.1) is 0 Å². The van der Waals surface area contributed by atoms with Gasteiger partial charge in [0.1, 0.15) is 0 Å².